The van der Waals surface area contributed by atoms with E-state index in [1.54, 1.807) is 0 Å². The number of rotatable bonds is 3. The molecule has 2 amide bonds. The molecule has 4 nitrogen and oxygen atoms in total. The topological polar surface area (TPSA) is 63.4 Å². The third-order valence-electron chi connectivity index (χ3n) is 2.30. The van der Waals surface area contributed by atoms with Gasteiger partial charge in [-0.1, -0.05) is 6.58 Å². The zero-order valence-corrected chi connectivity index (χ0v) is 8.29. The maximum absolute atomic E-state index is 11.5. The number of nitrogens with zero attached hydrogens (tertiary/aromatic N) is 1. The van der Waals surface area contributed by atoms with Crippen LogP contribution in [0.2, 0.25) is 0 Å². The summed E-state index contributed by atoms with van der Waals surface area (Å²) < 4.78 is 0. The summed E-state index contributed by atoms with van der Waals surface area (Å²) in [6, 6.07) is 0. The van der Waals surface area contributed by atoms with Crippen LogP contribution in [0.15, 0.2) is 12.2 Å². The number of hydrogen-bond acceptors (Lipinski definition) is 3. The van der Waals surface area contributed by atoms with Gasteiger partial charge in [0.15, 0.2) is 0 Å². The van der Waals surface area contributed by atoms with E-state index >= 15 is 0 Å². The Labute approximate surface area is 83.8 Å². The first kappa shape index (κ1) is 10.9. The fourth-order valence-electron chi connectivity index (χ4n) is 1.43. The lowest BCUT2D eigenvalue weighted by Gasteiger charge is -2.19. The van der Waals surface area contributed by atoms with Crippen molar-refractivity contribution in [2.24, 2.45) is 5.73 Å². The predicted molar refractivity (Wildman–Crippen MR) is 53.4 cm³/mol. The van der Waals surface area contributed by atoms with Gasteiger partial charge in [0.2, 0.25) is 11.8 Å². The highest BCUT2D eigenvalue weighted by Crippen LogP contribution is 2.13. The van der Waals surface area contributed by atoms with Crippen LogP contribution in [-0.4, -0.2) is 29.8 Å². The maximum Gasteiger partial charge on any atom is 0.229 e. The lowest BCUT2D eigenvalue weighted by Crippen LogP contribution is -2.37. The molecule has 0 aromatic carbocycles. The summed E-state index contributed by atoms with van der Waals surface area (Å²) in [5, 5.41) is 0. The lowest BCUT2D eigenvalue weighted by atomic mass is 10.2. The molecule has 0 aromatic heterocycles. The van der Waals surface area contributed by atoms with Crippen LogP contribution >= 0.6 is 0 Å². The standard InChI is InChI=1S/C10H16N2O2/c1-8(6-11)7-12-9(13)4-2-3-5-10(12)14/h1-7,11H2. The first-order valence-electron chi connectivity index (χ1n) is 4.85. The molecule has 78 valence electrons. The number of amides is 2. The van der Waals surface area contributed by atoms with E-state index in [0.717, 1.165) is 12.8 Å². The molecule has 1 saturated heterocycles. The summed E-state index contributed by atoms with van der Waals surface area (Å²) in [6.07, 6.45) is 2.53. The molecule has 1 rings (SSSR count). The summed E-state index contributed by atoms with van der Waals surface area (Å²) >= 11 is 0. The molecule has 0 aliphatic carbocycles. The molecule has 1 heterocycles. The number of carbonyl (C=O) groups excluding carboxylic acids is 2. The van der Waals surface area contributed by atoms with E-state index < -0.39 is 0 Å². The Hall–Kier alpha value is -1.16. The summed E-state index contributed by atoms with van der Waals surface area (Å²) in [5.74, 6) is -0.191. The van der Waals surface area contributed by atoms with Gasteiger partial charge in [-0.25, -0.2) is 0 Å². The highest BCUT2D eigenvalue weighted by atomic mass is 16.2. The molecule has 0 bridgehead atoms. The van der Waals surface area contributed by atoms with Crippen molar-refractivity contribution in [1.82, 2.24) is 4.90 Å². The number of nitrogens with two attached hydrogens (primary N) is 1. The third-order valence-corrected chi connectivity index (χ3v) is 2.30. The Morgan fingerprint density at radius 3 is 2.21 bits per heavy atom. The van der Waals surface area contributed by atoms with Gasteiger partial charge in [-0.05, 0) is 18.4 Å². The molecule has 1 aliphatic heterocycles. The van der Waals surface area contributed by atoms with Crippen molar-refractivity contribution >= 4 is 11.8 Å². The molecule has 1 aliphatic rings. The molecule has 0 unspecified atom stereocenters. The first-order chi connectivity index (χ1) is 6.65. The molecule has 14 heavy (non-hydrogen) atoms. The second-order valence-corrected chi connectivity index (χ2v) is 3.53. The van der Waals surface area contributed by atoms with E-state index in [0.29, 0.717) is 25.0 Å². The minimum atomic E-state index is -0.0953. The zero-order valence-electron chi connectivity index (χ0n) is 8.29. The van der Waals surface area contributed by atoms with Crippen LogP contribution in [0.1, 0.15) is 25.7 Å². The van der Waals surface area contributed by atoms with Crippen LogP contribution in [0, 0.1) is 0 Å². The Morgan fingerprint density at radius 2 is 1.79 bits per heavy atom. The molecular weight excluding hydrogens is 180 g/mol. The van der Waals surface area contributed by atoms with Crippen molar-refractivity contribution < 1.29 is 9.59 Å². The average Bonchev–Trinajstić information content (AvgIpc) is 2.32. The Kier molecular flexibility index (Phi) is 3.83. The number of imide groups is 1. The first-order valence-corrected chi connectivity index (χ1v) is 4.85. The molecule has 2 N–H and O–H groups in total. The smallest absolute Gasteiger partial charge is 0.229 e. The van der Waals surface area contributed by atoms with Gasteiger partial charge in [-0.3, -0.25) is 14.5 Å². The van der Waals surface area contributed by atoms with Crippen molar-refractivity contribution in [3.8, 4) is 0 Å². The minimum Gasteiger partial charge on any atom is -0.327 e. The molecule has 0 aromatic rings. The number of carbonyl (C=O) groups is 2. The normalized spacial score (nSPS) is 18.2. The Balaban J connectivity index is 2.65. The lowest BCUT2D eigenvalue weighted by molar-refractivity contribution is -0.143. The van der Waals surface area contributed by atoms with Gasteiger partial charge < -0.3 is 5.73 Å². The monoisotopic (exact) mass is 196 g/mol. The van der Waals surface area contributed by atoms with Crippen molar-refractivity contribution in [3.63, 3.8) is 0 Å². The van der Waals surface area contributed by atoms with Crippen LogP contribution in [0.5, 0.6) is 0 Å². The molecule has 1 fully saturated rings. The molecule has 0 spiro atoms. The van der Waals surface area contributed by atoms with E-state index in [4.69, 9.17) is 5.73 Å². The fourth-order valence-corrected chi connectivity index (χ4v) is 1.43. The highest BCUT2D eigenvalue weighted by molar-refractivity contribution is 5.96. The molecule has 4 heteroatoms. The van der Waals surface area contributed by atoms with Gasteiger partial charge in [0.1, 0.15) is 0 Å². The summed E-state index contributed by atoms with van der Waals surface area (Å²) in [7, 11) is 0. The third kappa shape index (κ3) is 2.67. The minimum absolute atomic E-state index is 0.0953. The number of likely N-dealkylation sites (tertiary alicyclic amines) is 1. The van der Waals surface area contributed by atoms with Gasteiger partial charge >= 0.3 is 0 Å². The van der Waals surface area contributed by atoms with Crippen LogP contribution in [0.4, 0.5) is 0 Å². The van der Waals surface area contributed by atoms with Crippen molar-refractivity contribution in [2.45, 2.75) is 25.7 Å². The maximum atomic E-state index is 11.5. The van der Waals surface area contributed by atoms with Crippen LogP contribution in [0.25, 0.3) is 0 Å². The molecular formula is C10H16N2O2. The summed E-state index contributed by atoms with van der Waals surface area (Å²) in [6.45, 7) is 4.30. The van der Waals surface area contributed by atoms with Crippen LogP contribution < -0.4 is 5.73 Å². The largest absolute Gasteiger partial charge is 0.327 e. The highest BCUT2D eigenvalue weighted by Gasteiger charge is 2.23. The fraction of sp³-hybridized carbons (Fsp3) is 0.600. The summed E-state index contributed by atoms with van der Waals surface area (Å²) in [5.41, 5.74) is 6.09. The van der Waals surface area contributed by atoms with Crippen LogP contribution in [-0.2, 0) is 9.59 Å². The van der Waals surface area contributed by atoms with E-state index in [-0.39, 0.29) is 18.4 Å². The zero-order chi connectivity index (χ0) is 10.6. The van der Waals surface area contributed by atoms with Gasteiger partial charge in [-0.2, -0.15) is 0 Å². The SMILES string of the molecule is C=C(CN)CN1C(=O)CCCCC1=O. The molecule has 0 radical (unpaired) electrons. The van der Waals surface area contributed by atoms with Crippen LogP contribution in [0.3, 0.4) is 0 Å². The van der Waals surface area contributed by atoms with Gasteiger partial charge in [0.05, 0.1) is 6.54 Å². The van der Waals surface area contributed by atoms with Crippen molar-refractivity contribution in [1.29, 1.82) is 0 Å². The Morgan fingerprint density at radius 1 is 1.29 bits per heavy atom. The van der Waals surface area contributed by atoms with E-state index in [1.807, 2.05) is 0 Å². The summed E-state index contributed by atoms with van der Waals surface area (Å²) in [4.78, 5) is 24.3. The second-order valence-electron chi connectivity index (χ2n) is 3.53. The van der Waals surface area contributed by atoms with Crippen molar-refractivity contribution in [3.05, 3.63) is 12.2 Å². The number of hydrogen-bond donors (Lipinski definition) is 1. The van der Waals surface area contributed by atoms with Gasteiger partial charge in [0.25, 0.3) is 0 Å². The van der Waals surface area contributed by atoms with Gasteiger partial charge in [0, 0.05) is 19.4 Å². The Bertz CT molecular complexity index is 243. The van der Waals surface area contributed by atoms with E-state index in [1.165, 1.54) is 4.90 Å². The van der Waals surface area contributed by atoms with Gasteiger partial charge in [-0.15, -0.1) is 0 Å². The van der Waals surface area contributed by atoms with Crippen molar-refractivity contribution in [2.75, 3.05) is 13.1 Å². The quantitative estimate of drug-likeness (QED) is 0.526. The predicted octanol–water partition coefficient (Wildman–Crippen LogP) is 0.430. The molecule has 0 atom stereocenters. The van der Waals surface area contributed by atoms with E-state index in [2.05, 4.69) is 6.58 Å². The van der Waals surface area contributed by atoms with E-state index in [9.17, 15) is 9.59 Å². The second kappa shape index (κ2) is 4.91. The average molecular weight is 196 g/mol. The molecule has 0 saturated carbocycles.